The molecule has 106 valence electrons. The van der Waals surface area contributed by atoms with Gasteiger partial charge in [-0.3, -0.25) is 4.79 Å². The summed E-state index contributed by atoms with van der Waals surface area (Å²) >= 11 is 5.55. The van der Waals surface area contributed by atoms with Crippen molar-refractivity contribution in [1.82, 2.24) is 10.5 Å². The summed E-state index contributed by atoms with van der Waals surface area (Å²) in [5, 5.41) is 16.0. The summed E-state index contributed by atoms with van der Waals surface area (Å²) in [4.78, 5) is 11.6. The Balaban J connectivity index is 1.86. The molecule has 0 aliphatic heterocycles. The molecule has 0 spiro atoms. The van der Waals surface area contributed by atoms with E-state index in [0.717, 1.165) is 6.07 Å². The van der Waals surface area contributed by atoms with Crippen molar-refractivity contribution in [3.8, 4) is 0 Å². The van der Waals surface area contributed by atoms with Gasteiger partial charge in [0.15, 0.2) is 0 Å². The van der Waals surface area contributed by atoms with Gasteiger partial charge in [-0.15, -0.1) is 0 Å². The second-order valence-corrected chi connectivity index (χ2v) is 4.57. The predicted molar refractivity (Wildman–Crippen MR) is 69.6 cm³/mol. The highest BCUT2D eigenvalue weighted by Crippen LogP contribution is 2.19. The van der Waals surface area contributed by atoms with Gasteiger partial charge in [-0.2, -0.15) is 0 Å². The fourth-order valence-electron chi connectivity index (χ4n) is 1.60. The van der Waals surface area contributed by atoms with Gasteiger partial charge in [-0.25, -0.2) is 4.39 Å². The molecule has 5 nitrogen and oxygen atoms in total. The number of nitrogens with one attached hydrogen (secondary N) is 1. The van der Waals surface area contributed by atoms with Crippen LogP contribution < -0.4 is 5.32 Å². The number of aromatic nitrogens is 1. The lowest BCUT2D eigenvalue weighted by Crippen LogP contribution is -2.29. The van der Waals surface area contributed by atoms with E-state index in [1.807, 2.05) is 0 Å². The monoisotopic (exact) mass is 298 g/mol. The molecule has 0 aliphatic rings. The summed E-state index contributed by atoms with van der Waals surface area (Å²) in [7, 11) is 0. The number of aliphatic hydroxyl groups excluding tert-OH is 1. The summed E-state index contributed by atoms with van der Waals surface area (Å²) in [6, 6.07) is 5.56. The smallest absolute Gasteiger partial charge is 0.226 e. The van der Waals surface area contributed by atoms with Gasteiger partial charge in [-0.05, 0) is 17.7 Å². The number of hydrogen-bond acceptors (Lipinski definition) is 4. The van der Waals surface area contributed by atoms with Crippen LogP contribution in [0.5, 0.6) is 0 Å². The van der Waals surface area contributed by atoms with Gasteiger partial charge in [0.1, 0.15) is 12.1 Å². The van der Waals surface area contributed by atoms with Crippen LogP contribution in [0.1, 0.15) is 17.4 Å². The first-order valence-electron chi connectivity index (χ1n) is 5.85. The van der Waals surface area contributed by atoms with E-state index in [2.05, 4.69) is 15.0 Å². The van der Waals surface area contributed by atoms with Crippen molar-refractivity contribution in [2.24, 2.45) is 0 Å². The van der Waals surface area contributed by atoms with Crippen LogP contribution in [0.25, 0.3) is 0 Å². The molecule has 20 heavy (non-hydrogen) atoms. The van der Waals surface area contributed by atoms with Crippen molar-refractivity contribution < 1.29 is 18.8 Å². The molecule has 1 aromatic carbocycles. The third-order valence-electron chi connectivity index (χ3n) is 2.65. The standard InChI is InChI=1S/C13H12ClFN2O3/c14-10-2-1-8(5-11(10)15)12(18)7-16-13(19)6-9-3-4-20-17-9/h1-5,12,18H,6-7H2,(H,16,19). The highest BCUT2D eigenvalue weighted by molar-refractivity contribution is 6.30. The molecule has 0 radical (unpaired) electrons. The Kier molecular flexibility index (Phi) is 4.70. The first-order valence-corrected chi connectivity index (χ1v) is 6.23. The quantitative estimate of drug-likeness (QED) is 0.883. The Morgan fingerprint density at radius 2 is 2.30 bits per heavy atom. The minimum absolute atomic E-state index is 0.0176. The molecule has 2 aromatic rings. The van der Waals surface area contributed by atoms with E-state index < -0.39 is 11.9 Å². The Hall–Kier alpha value is -1.92. The largest absolute Gasteiger partial charge is 0.387 e. The summed E-state index contributed by atoms with van der Waals surface area (Å²) in [6.45, 7) is -0.0300. The maximum absolute atomic E-state index is 13.2. The van der Waals surface area contributed by atoms with Crippen LogP contribution in [0, 0.1) is 5.82 Å². The average Bonchev–Trinajstić information content (AvgIpc) is 2.92. The number of aliphatic hydroxyl groups is 1. The molecule has 0 fully saturated rings. The van der Waals surface area contributed by atoms with Gasteiger partial charge in [0.05, 0.1) is 23.2 Å². The predicted octanol–water partition coefficient (Wildman–Crippen LogP) is 1.86. The van der Waals surface area contributed by atoms with Crippen LogP contribution >= 0.6 is 11.6 Å². The highest BCUT2D eigenvalue weighted by atomic mass is 35.5. The highest BCUT2D eigenvalue weighted by Gasteiger charge is 2.12. The first-order chi connectivity index (χ1) is 9.56. The van der Waals surface area contributed by atoms with Crippen molar-refractivity contribution >= 4 is 17.5 Å². The molecular formula is C13H12ClFN2O3. The molecule has 0 bridgehead atoms. The Labute approximate surface area is 119 Å². The minimum atomic E-state index is -1.01. The van der Waals surface area contributed by atoms with E-state index in [1.54, 1.807) is 6.07 Å². The lowest BCUT2D eigenvalue weighted by molar-refractivity contribution is -0.121. The minimum Gasteiger partial charge on any atom is -0.387 e. The van der Waals surface area contributed by atoms with E-state index in [-0.39, 0.29) is 23.9 Å². The summed E-state index contributed by atoms with van der Waals surface area (Å²) in [6.07, 6.45) is 0.412. The number of carbonyl (C=O) groups is 1. The Bertz CT molecular complexity index is 589. The number of hydrogen-bond donors (Lipinski definition) is 2. The molecule has 2 N–H and O–H groups in total. The van der Waals surface area contributed by atoms with Crippen LogP contribution in [0.4, 0.5) is 4.39 Å². The van der Waals surface area contributed by atoms with E-state index >= 15 is 0 Å². The zero-order chi connectivity index (χ0) is 14.5. The number of carbonyl (C=O) groups excluding carboxylic acids is 1. The molecule has 1 aromatic heterocycles. The lowest BCUT2D eigenvalue weighted by atomic mass is 10.1. The van der Waals surface area contributed by atoms with Crippen LogP contribution in [0.3, 0.4) is 0 Å². The molecule has 7 heteroatoms. The van der Waals surface area contributed by atoms with Crippen LogP contribution in [0.15, 0.2) is 35.1 Å². The van der Waals surface area contributed by atoms with Crippen molar-refractivity contribution in [3.05, 3.63) is 52.6 Å². The molecule has 1 heterocycles. The molecule has 0 aliphatic carbocycles. The average molecular weight is 299 g/mol. The summed E-state index contributed by atoms with van der Waals surface area (Å²) in [5.41, 5.74) is 0.836. The fourth-order valence-corrected chi connectivity index (χ4v) is 1.72. The zero-order valence-corrected chi connectivity index (χ0v) is 11.1. The normalized spacial score (nSPS) is 12.2. The second kappa shape index (κ2) is 6.49. The van der Waals surface area contributed by atoms with Gasteiger partial charge < -0.3 is 14.9 Å². The summed E-state index contributed by atoms with van der Waals surface area (Å²) in [5.74, 6) is -0.926. The molecule has 0 saturated heterocycles. The summed E-state index contributed by atoms with van der Waals surface area (Å²) < 4.78 is 17.8. The number of rotatable bonds is 5. The Morgan fingerprint density at radius 3 is 2.95 bits per heavy atom. The number of amides is 1. The van der Waals surface area contributed by atoms with Crippen molar-refractivity contribution in [2.45, 2.75) is 12.5 Å². The van der Waals surface area contributed by atoms with Crippen molar-refractivity contribution in [1.29, 1.82) is 0 Å². The van der Waals surface area contributed by atoms with E-state index in [9.17, 15) is 14.3 Å². The third kappa shape index (κ3) is 3.79. The fraction of sp³-hybridized carbons (Fsp3) is 0.231. The van der Waals surface area contributed by atoms with Crippen molar-refractivity contribution in [3.63, 3.8) is 0 Å². The van der Waals surface area contributed by atoms with Crippen molar-refractivity contribution in [2.75, 3.05) is 6.54 Å². The molecule has 1 atom stereocenters. The molecule has 1 amide bonds. The number of nitrogens with zero attached hydrogens (tertiary/aromatic N) is 1. The SMILES string of the molecule is O=C(Cc1ccon1)NCC(O)c1ccc(Cl)c(F)c1. The maximum atomic E-state index is 13.2. The maximum Gasteiger partial charge on any atom is 0.226 e. The Morgan fingerprint density at radius 1 is 1.50 bits per heavy atom. The van der Waals surface area contributed by atoms with Crippen LogP contribution in [-0.2, 0) is 11.2 Å². The number of benzene rings is 1. The van der Waals surface area contributed by atoms with Gasteiger partial charge in [-0.1, -0.05) is 22.8 Å². The van der Waals surface area contributed by atoms with Gasteiger partial charge in [0, 0.05) is 12.6 Å². The number of halogens is 2. The van der Waals surface area contributed by atoms with Gasteiger partial charge in [0.2, 0.25) is 5.91 Å². The molecule has 2 rings (SSSR count). The van der Waals surface area contributed by atoms with Gasteiger partial charge in [0.25, 0.3) is 0 Å². The van der Waals surface area contributed by atoms with Crippen LogP contribution in [0.2, 0.25) is 5.02 Å². The molecule has 1 unspecified atom stereocenters. The van der Waals surface area contributed by atoms with E-state index in [0.29, 0.717) is 11.3 Å². The topological polar surface area (TPSA) is 75.4 Å². The van der Waals surface area contributed by atoms with E-state index in [4.69, 9.17) is 11.6 Å². The van der Waals surface area contributed by atoms with Crippen LogP contribution in [-0.4, -0.2) is 22.7 Å². The molecular weight excluding hydrogens is 287 g/mol. The lowest BCUT2D eigenvalue weighted by Gasteiger charge is -2.12. The second-order valence-electron chi connectivity index (χ2n) is 4.16. The molecule has 0 saturated carbocycles. The zero-order valence-electron chi connectivity index (χ0n) is 10.3. The van der Waals surface area contributed by atoms with E-state index in [1.165, 1.54) is 18.4 Å². The first kappa shape index (κ1) is 14.5. The third-order valence-corrected chi connectivity index (χ3v) is 2.96. The van der Waals surface area contributed by atoms with Gasteiger partial charge >= 0.3 is 0 Å².